The number of hydrogen-bond donors (Lipinski definition) is 3. The third-order valence-electron chi connectivity index (χ3n) is 10.6. The van der Waals surface area contributed by atoms with Gasteiger partial charge in [0, 0.05) is 0 Å². The number of aliphatic carboxylic acids is 1. The van der Waals surface area contributed by atoms with Crippen LogP contribution in [0.15, 0.2) is 11.6 Å². The van der Waals surface area contributed by atoms with Gasteiger partial charge in [-0.25, -0.2) is 0 Å². The number of allylic oxidation sites excluding steroid dienone is 1. The fraction of sp³-hybridized carbons (Fsp3) is 0.900. The minimum Gasteiger partial charge on any atom is -0.480 e. The van der Waals surface area contributed by atoms with Crippen molar-refractivity contribution in [2.24, 2.45) is 46.3 Å². The van der Waals surface area contributed by atoms with Crippen molar-refractivity contribution in [1.29, 1.82) is 0 Å². The monoisotopic (exact) mass is 475 g/mol. The highest BCUT2D eigenvalue weighted by Crippen LogP contribution is 2.67. The molecule has 34 heavy (non-hydrogen) atoms. The van der Waals surface area contributed by atoms with E-state index in [0.717, 1.165) is 48.3 Å². The van der Waals surface area contributed by atoms with Crippen LogP contribution in [0.2, 0.25) is 0 Å². The Balaban J connectivity index is 0.000000481. The van der Waals surface area contributed by atoms with Crippen LogP contribution in [0.4, 0.5) is 0 Å². The summed E-state index contributed by atoms with van der Waals surface area (Å²) in [5, 5.41) is 20.5. The summed E-state index contributed by atoms with van der Waals surface area (Å²) in [5.74, 6) is 4.64. The zero-order valence-corrected chi connectivity index (χ0v) is 22.9. The molecule has 8 atom stereocenters. The lowest BCUT2D eigenvalue weighted by Crippen LogP contribution is -2.50. The molecule has 0 aromatic carbocycles. The van der Waals surface area contributed by atoms with Crippen LogP contribution in [-0.2, 0) is 4.79 Å². The molecule has 0 aromatic heterocycles. The first kappa shape index (κ1) is 27.7. The minimum absolute atomic E-state index is 0.0417. The smallest absolute Gasteiger partial charge is 0.317 e. The SMILES string of the molecule is CC(C)CCC[C@@H](C)[C@H]1CC[C@H]2[C@@H]3CC=C4C[C@@H](O)CC[C@]4(C)[C@H]3CC[C@]12C.CNCC(=O)O. The first-order valence-corrected chi connectivity index (χ1v) is 14.3. The van der Waals surface area contributed by atoms with Crippen LogP contribution in [-0.4, -0.2) is 35.9 Å². The molecule has 0 unspecified atom stereocenters. The fourth-order valence-electron chi connectivity index (χ4n) is 8.82. The standard InChI is InChI=1S/C27H46O.C3H7NO2/c1-18(2)7-6-8-19(3)23-11-12-24-22-10-9-20-17-21(28)13-15-26(20,4)25(22)14-16-27(23,24)5;1-4-2-3(5)6/h9,18-19,21-25,28H,6-8,10-17H2,1-5H3;4H,2H2,1H3,(H,5,6)/t19-,21+,22+,23-,24+,25+,26+,27-;/m1./s1. The van der Waals surface area contributed by atoms with Gasteiger partial charge in [0.15, 0.2) is 0 Å². The van der Waals surface area contributed by atoms with Crippen LogP contribution in [0.5, 0.6) is 0 Å². The molecule has 0 bridgehead atoms. The molecular formula is C30H53NO3. The van der Waals surface area contributed by atoms with Gasteiger partial charge in [0.1, 0.15) is 0 Å². The van der Waals surface area contributed by atoms with E-state index in [0.29, 0.717) is 10.8 Å². The summed E-state index contributed by atoms with van der Waals surface area (Å²) in [4.78, 5) is 9.54. The van der Waals surface area contributed by atoms with E-state index in [1.54, 1.807) is 12.6 Å². The second kappa shape index (κ2) is 11.5. The van der Waals surface area contributed by atoms with Gasteiger partial charge in [-0.05, 0) is 105 Å². The molecule has 0 amide bonds. The molecule has 4 aliphatic carbocycles. The number of likely N-dealkylation sites (N-methyl/N-ethyl adjacent to an activating group) is 1. The highest BCUT2D eigenvalue weighted by molar-refractivity contribution is 5.68. The van der Waals surface area contributed by atoms with Gasteiger partial charge in [0.2, 0.25) is 0 Å². The third kappa shape index (κ3) is 5.75. The van der Waals surface area contributed by atoms with E-state index in [4.69, 9.17) is 5.11 Å². The van der Waals surface area contributed by atoms with Gasteiger partial charge in [-0.2, -0.15) is 0 Å². The number of fused-ring (bicyclic) bond motifs is 5. The van der Waals surface area contributed by atoms with Crippen molar-refractivity contribution >= 4 is 5.97 Å². The van der Waals surface area contributed by atoms with Gasteiger partial charge in [-0.15, -0.1) is 0 Å². The number of hydrogen-bond acceptors (Lipinski definition) is 3. The number of aliphatic hydroxyl groups excluding tert-OH is 1. The molecule has 0 radical (unpaired) electrons. The molecule has 196 valence electrons. The van der Waals surface area contributed by atoms with Crippen molar-refractivity contribution in [2.45, 2.75) is 111 Å². The van der Waals surface area contributed by atoms with Crippen molar-refractivity contribution in [3.8, 4) is 0 Å². The van der Waals surface area contributed by atoms with E-state index in [1.807, 2.05) is 0 Å². The molecule has 4 heteroatoms. The summed E-state index contributed by atoms with van der Waals surface area (Å²) in [5.41, 5.74) is 2.60. The van der Waals surface area contributed by atoms with Crippen LogP contribution in [0.1, 0.15) is 105 Å². The Kier molecular flexibility index (Phi) is 9.34. The van der Waals surface area contributed by atoms with E-state index in [1.165, 1.54) is 57.8 Å². The Hall–Kier alpha value is -0.870. The van der Waals surface area contributed by atoms with Crippen molar-refractivity contribution < 1.29 is 15.0 Å². The van der Waals surface area contributed by atoms with Gasteiger partial charge in [-0.3, -0.25) is 4.79 Å². The van der Waals surface area contributed by atoms with Crippen LogP contribution in [0.3, 0.4) is 0 Å². The highest BCUT2D eigenvalue weighted by atomic mass is 16.4. The van der Waals surface area contributed by atoms with Gasteiger partial charge in [-0.1, -0.05) is 65.5 Å². The van der Waals surface area contributed by atoms with Gasteiger partial charge in [0.05, 0.1) is 12.6 Å². The molecule has 3 N–H and O–H groups in total. The van der Waals surface area contributed by atoms with Gasteiger partial charge in [0.25, 0.3) is 0 Å². The fourth-order valence-corrected chi connectivity index (χ4v) is 8.82. The van der Waals surface area contributed by atoms with Crippen molar-refractivity contribution in [2.75, 3.05) is 13.6 Å². The molecule has 3 saturated carbocycles. The predicted octanol–water partition coefficient (Wildman–Crippen LogP) is 6.68. The van der Waals surface area contributed by atoms with Crippen molar-refractivity contribution in [3.05, 3.63) is 11.6 Å². The van der Waals surface area contributed by atoms with Gasteiger partial charge < -0.3 is 15.5 Å². The summed E-state index contributed by atoms with van der Waals surface area (Å²) in [6, 6.07) is 0. The summed E-state index contributed by atoms with van der Waals surface area (Å²) in [6.45, 7) is 12.6. The lowest BCUT2D eigenvalue weighted by atomic mass is 9.47. The average Bonchev–Trinajstić information content (AvgIpc) is 3.11. The number of aliphatic hydroxyl groups is 1. The van der Waals surface area contributed by atoms with Crippen LogP contribution in [0, 0.1) is 46.3 Å². The Labute approximate surface area is 209 Å². The first-order chi connectivity index (χ1) is 16.0. The molecule has 0 spiro atoms. The summed E-state index contributed by atoms with van der Waals surface area (Å²) in [6.07, 6.45) is 17.2. The van der Waals surface area contributed by atoms with E-state index in [-0.39, 0.29) is 12.6 Å². The molecule has 0 saturated heterocycles. The van der Waals surface area contributed by atoms with E-state index in [2.05, 4.69) is 46.0 Å². The summed E-state index contributed by atoms with van der Waals surface area (Å²) < 4.78 is 0. The normalized spacial score (nSPS) is 39.8. The van der Waals surface area contributed by atoms with Crippen molar-refractivity contribution in [1.82, 2.24) is 5.32 Å². The zero-order valence-electron chi connectivity index (χ0n) is 22.9. The number of carboxylic acid groups (broad SMARTS) is 1. The third-order valence-corrected chi connectivity index (χ3v) is 10.6. The molecule has 4 nitrogen and oxygen atoms in total. The van der Waals surface area contributed by atoms with Gasteiger partial charge >= 0.3 is 5.97 Å². The van der Waals surface area contributed by atoms with Crippen molar-refractivity contribution in [3.63, 3.8) is 0 Å². The lowest BCUT2D eigenvalue weighted by molar-refractivity contribution is -0.135. The Morgan fingerprint density at radius 2 is 1.82 bits per heavy atom. The molecule has 0 aliphatic heterocycles. The van der Waals surface area contributed by atoms with E-state index in [9.17, 15) is 9.90 Å². The second-order valence-electron chi connectivity index (χ2n) is 13.1. The molecular weight excluding hydrogens is 422 g/mol. The van der Waals surface area contributed by atoms with E-state index < -0.39 is 5.97 Å². The molecule has 0 heterocycles. The minimum atomic E-state index is -0.822. The van der Waals surface area contributed by atoms with Crippen LogP contribution < -0.4 is 5.32 Å². The second-order valence-corrected chi connectivity index (χ2v) is 13.1. The van der Waals surface area contributed by atoms with E-state index >= 15 is 0 Å². The maximum Gasteiger partial charge on any atom is 0.317 e. The largest absolute Gasteiger partial charge is 0.480 e. The summed E-state index contributed by atoms with van der Waals surface area (Å²) in [7, 11) is 1.59. The average molecular weight is 476 g/mol. The first-order valence-electron chi connectivity index (χ1n) is 14.3. The Bertz CT molecular complexity index is 718. The molecule has 4 rings (SSSR count). The van der Waals surface area contributed by atoms with Crippen LogP contribution >= 0.6 is 0 Å². The number of nitrogens with one attached hydrogen (secondary N) is 1. The molecule has 3 fully saturated rings. The zero-order chi connectivity index (χ0) is 25.1. The topological polar surface area (TPSA) is 69.6 Å². The van der Waals surface area contributed by atoms with Crippen LogP contribution in [0.25, 0.3) is 0 Å². The maximum atomic E-state index is 10.2. The summed E-state index contributed by atoms with van der Waals surface area (Å²) >= 11 is 0. The Morgan fingerprint density at radius 3 is 2.44 bits per heavy atom. The molecule has 4 aliphatic rings. The number of carboxylic acids is 1. The molecule has 0 aromatic rings. The Morgan fingerprint density at radius 1 is 1.09 bits per heavy atom. The lowest BCUT2D eigenvalue weighted by Gasteiger charge is -2.58. The number of rotatable bonds is 7. The number of carbonyl (C=O) groups is 1. The predicted molar refractivity (Wildman–Crippen MR) is 141 cm³/mol. The maximum absolute atomic E-state index is 10.2. The quantitative estimate of drug-likeness (QED) is 0.359. The highest BCUT2D eigenvalue weighted by Gasteiger charge is 2.59.